The number of benzene rings is 2. The number of nitrogens with zero attached hydrogens (tertiary/aromatic N) is 1. The second-order valence-electron chi connectivity index (χ2n) is 7.32. The molecule has 2 heterocycles. The molecule has 4 rings (SSSR count). The van der Waals surface area contributed by atoms with Gasteiger partial charge in [-0.05, 0) is 48.9 Å². The summed E-state index contributed by atoms with van der Waals surface area (Å²) in [6.07, 6.45) is 0. The zero-order valence-electron chi connectivity index (χ0n) is 16.0. The van der Waals surface area contributed by atoms with Gasteiger partial charge in [-0.15, -0.1) is 0 Å². The molecule has 1 saturated heterocycles. The maximum atomic E-state index is 13.1. The Hall–Kier alpha value is -2.92. The topological polar surface area (TPSA) is 37.9 Å². The van der Waals surface area contributed by atoms with Crippen LogP contribution in [0.2, 0.25) is 0 Å². The standard InChI is InChI=1S/C23H23FN2O2/c1-17-4-2-3-5-19(17)16-25-12-14-26(15-13-25)23(27)22-11-10-21(28-22)18-6-8-20(24)9-7-18/h2-11H,12-16H2,1H3/p+1. The van der Waals surface area contributed by atoms with Gasteiger partial charge in [0.15, 0.2) is 5.76 Å². The van der Waals surface area contributed by atoms with Gasteiger partial charge in [0, 0.05) is 11.1 Å². The lowest BCUT2D eigenvalue weighted by molar-refractivity contribution is -0.917. The van der Waals surface area contributed by atoms with Gasteiger partial charge in [0.2, 0.25) is 0 Å². The van der Waals surface area contributed by atoms with E-state index >= 15 is 0 Å². The average Bonchev–Trinajstić information content (AvgIpc) is 3.20. The maximum absolute atomic E-state index is 13.1. The number of carbonyl (C=O) groups excluding carboxylic acids is 1. The lowest BCUT2D eigenvalue weighted by Gasteiger charge is -2.32. The fourth-order valence-electron chi connectivity index (χ4n) is 3.66. The third-order valence-corrected chi connectivity index (χ3v) is 5.40. The van der Waals surface area contributed by atoms with E-state index in [-0.39, 0.29) is 11.7 Å². The van der Waals surface area contributed by atoms with Gasteiger partial charge in [-0.2, -0.15) is 0 Å². The van der Waals surface area contributed by atoms with Gasteiger partial charge >= 0.3 is 0 Å². The van der Waals surface area contributed by atoms with Crippen molar-refractivity contribution < 1.29 is 18.5 Å². The molecule has 1 N–H and O–H groups in total. The first-order chi connectivity index (χ1) is 13.6. The molecule has 2 aromatic carbocycles. The summed E-state index contributed by atoms with van der Waals surface area (Å²) in [5.74, 6) is 0.537. The Balaban J connectivity index is 1.36. The van der Waals surface area contributed by atoms with Gasteiger partial charge in [0.25, 0.3) is 5.91 Å². The molecule has 28 heavy (non-hydrogen) atoms. The number of nitrogens with one attached hydrogen (secondary N) is 1. The Labute approximate surface area is 164 Å². The van der Waals surface area contributed by atoms with Crippen LogP contribution in [0.3, 0.4) is 0 Å². The predicted octanol–water partition coefficient (Wildman–Crippen LogP) is 2.94. The highest BCUT2D eigenvalue weighted by Crippen LogP contribution is 2.23. The highest BCUT2D eigenvalue weighted by Gasteiger charge is 2.26. The van der Waals surface area contributed by atoms with Crippen LogP contribution in [0.1, 0.15) is 21.7 Å². The molecule has 0 bridgehead atoms. The Morgan fingerprint density at radius 2 is 1.75 bits per heavy atom. The molecule has 0 aliphatic carbocycles. The van der Waals surface area contributed by atoms with E-state index < -0.39 is 0 Å². The molecule has 0 spiro atoms. The number of furan rings is 1. The Bertz CT molecular complexity index is 957. The number of quaternary nitrogens is 1. The largest absolute Gasteiger partial charge is 0.451 e. The normalized spacial score (nSPS) is 15.0. The fraction of sp³-hybridized carbons (Fsp3) is 0.261. The quantitative estimate of drug-likeness (QED) is 0.757. The van der Waals surface area contributed by atoms with Crippen LogP contribution in [0.15, 0.2) is 65.1 Å². The molecule has 3 aromatic rings. The van der Waals surface area contributed by atoms with Crippen LogP contribution in [-0.2, 0) is 6.54 Å². The van der Waals surface area contributed by atoms with Crippen LogP contribution in [-0.4, -0.2) is 37.0 Å². The van der Waals surface area contributed by atoms with Crippen LogP contribution < -0.4 is 4.90 Å². The first-order valence-electron chi connectivity index (χ1n) is 9.63. The van der Waals surface area contributed by atoms with Crippen molar-refractivity contribution in [2.45, 2.75) is 13.5 Å². The van der Waals surface area contributed by atoms with E-state index in [0.29, 0.717) is 24.6 Å². The summed E-state index contributed by atoms with van der Waals surface area (Å²) in [6.45, 7) is 6.41. The zero-order valence-corrected chi connectivity index (χ0v) is 16.0. The van der Waals surface area contributed by atoms with Crippen molar-refractivity contribution in [2.75, 3.05) is 26.2 Å². The van der Waals surface area contributed by atoms with Crippen LogP contribution in [0.4, 0.5) is 4.39 Å². The molecule has 1 amide bonds. The molecule has 0 saturated carbocycles. The number of piperazine rings is 1. The van der Waals surface area contributed by atoms with Crippen molar-refractivity contribution in [1.82, 2.24) is 4.90 Å². The molecule has 0 radical (unpaired) electrons. The molecular weight excluding hydrogens is 355 g/mol. The molecule has 4 nitrogen and oxygen atoms in total. The van der Waals surface area contributed by atoms with Gasteiger partial charge in [-0.25, -0.2) is 4.39 Å². The van der Waals surface area contributed by atoms with Gasteiger partial charge in [0.1, 0.15) is 18.1 Å². The van der Waals surface area contributed by atoms with Crippen molar-refractivity contribution in [3.05, 3.63) is 83.4 Å². The van der Waals surface area contributed by atoms with Gasteiger partial charge in [0.05, 0.1) is 26.2 Å². The fourth-order valence-corrected chi connectivity index (χ4v) is 3.66. The van der Waals surface area contributed by atoms with Crippen LogP contribution >= 0.6 is 0 Å². The maximum Gasteiger partial charge on any atom is 0.289 e. The molecule has 5 heteroatoms. The molecular formula is C23H24FN2O2+. The zero-order chi connectivity index (χ0) is 19.5. The first-order valence-corrected chi connectivity index (χ1v) is 9.63. The second-order valence-corrected chi connectivity index (χ2v) is 7.32. The smallest absolute Gasteiger partial charge is 0.289 e. The molecule has 144 valence electrons. The monoisotopic (exact) mass is 379 g/mol. The highest BCUT2D eigenvalue weighted by molar-refractivity contribution is 5.92. The summed E-state index contributed by atoms with van der Waals surface area (Å²) in [5.41, 5.74) is 3.44. The second kappa shape index (κ2) is 7.98. The van der Waals surface area contributed by atoms with Crippen molar-refractivity contribution in [2.24, 2.45) is 0 Å². The van der Waals surface area contributed by atoms with Gasteiger partial charge < -0.3 is 14.2 Å². The van der Waals surface area contributed by atoms with Gasteiger partial charge in [-0.1, -0.05) is 24.3 Å². The number of amides is 1. The summed E-state index contributed by atoms with van der Waals surface area (Å²) in [5, 5.41) is 0. The Morgan fingerprint density at radius 3 is 2.46 bits per heavy atom. The van der Waals surface area contributed by atoms with Crippen molar-refractivity contribution >= 4 is 5.91 Å². The Morgan fingerprint density at radius 1 is 1.04 bits per heavy atom. The number of hydrogen-bond acceptors (Lipinski definition) is 2. The molecule has 1 aromatic heterocycles. The van der Waals surface area contributed by atoms with E-state index in [1.54, 1.807) is 24.3 Å². The van der Waals surface area contributed by atoms with Crippen LogP contribution in [0, 0.1) is 12.7 Å². The SMILES string of the molecule is Cc1ccccc1C[NH+]1CCN(C(=O)c2ccc(-c3ccc(F)cc3)o2)CC1. The number of hydrogen-bond donors (Lipinski definition) is 1. The third kappa shape index (κ3) is 3.99. The summed E-state index contributed by atoms with van der Waals surface area (Å²) in [4.78, 5) is 16.1. The van der Waals surface area contributed by atoms with Crippen molar-refractivity contribution in [3.8, 4) is 11.3 Å². The summed E-state index contributed by atoms with van der Waals surface area (Å²) in [6, 6.07) is 18.0. The van der Waals surface area contributed by atoms with Crippen LogP contribution in [0.25, 0.3) is 11.3 Å². The summed E-state index contributed by atoms with van der Waals surface area (Å²) in [7, 11) is 0. The van der Waals surface area contributed by atoms with Gasteiger partial charge in [-0.3, -0.25) is 4.79 Å². The lowest BCUT2D eigenvalue weighted by Crippen LogP contribution is -3.13. The minimum atomic E-state index is -0.294. The minimum Gasteiger partial charge on any atom is -0.451 e. The predicted molar refractivity (Wildman–Crippen MR) is 106 cm³/mol. The number of halogens is 1. The lowest BCUT2D eigenvalue weighted by atomic mass is 10.1. The molecule has 1 aliphatic rings. The Kier molecular flexibility index (Phi) is 5.26. The summed E-state index contributed by atoms with van der Waals surface area (Å²) < 4.78 is 18.8. The average molecular weight is 379 g/mol. The number of carbonyl (C=O) groups is 1. The number of aryl methyl sites for hydroxylation is 1. The molecule has 1 aliphatic heterocycles. The van der Waals surface area contributed by atoms with Crippen molar-refractivity contribution in [3.63, 3.8) is 0 Å². The number of rotatable bonds is 4. The van der Waals surface area contributed by atoms with E-state index in [9.17, 15) is 9.18 Å². The van der Waals surface area contributed by atoms with E-state index in [2.05, 4.69) is 31.2 Å². The van der Waals surface area contributed by atoms with Crippen LogP contribution in [0.5, 0.6) is 0 Å². The van der Waals surface area contributed by atoms with E-state index in [1.165, 1.54) is 28.2 Å². The molecule has 0 unspecified atom stereocenters. The minimum absolute atomic E-state index is 0.0803. The molecule has 1 fully saturated rings. The van der Waals surface area contributed by atoms with E-state index in [1.807, 2.05) is 4.90 Å². The third-order valence-electron chi connectivity index (χ3n) is 5.40. The van der Waals surface area contributed by atoms with E-state index in [0.717, 1.165) is 25.2 Å². The highest BCUT2D eigenvalue weighted by atomic mass is 19.1. The van der Waals surface area contributed by atoms with E-state index in [4.69, 9.17) is 4.42 Å². The molecule has 0 atom stereocenters. The first kappa shape index (κ1) is 18.4. The van der Waals surface area contributed by atoms with Crippen molar-refractivity contribution in [1.29, 1.82) is 0 Å². The summed E-state index contributed by atoms with van der Waals surface area (Å²) >= 11 is 0.